The number of alkyl halides is 10. The van der Waals surface area contributed by atoms with Gasteiger partial charge in [0.15, 0.2) is 0 Å². The quantitative estimate of drug-likeness (QED) is 0.785. The van der Waals surface area contributed by atoms with Crippen molar-refractivity contribution < 1.29 is 53.5 Å². The Morgan fingerprint density at radius 1 is 0.885 bits per heavy atom. The van der Waals surface area contributed by atoms with E-state index in [1.165, 1.54) is 0 Å². The molecule has 0 bridgehead atoms. The van der Waals surface area contributed by atoms with E-state index < -0.39 is 52.1 Å². The van der Waals surface area contributed by atoms with E-state index in [-0.39, 0.29) is 12.3 Å². The molecule has 1 amide bonds. The lowest BCUT2D eigenvalue weighted by atomic mass is 10.3. The highest BCUT2D eigenvalue weighted by atomic mass is 19.4. The molecule has 0 aromatic carbocycles. The minimum absolute atomic E-state index is 0.0795. The van der Waals surface area contributed by atoms with E-state index in [0.717, 1.165) is 5.32 Å². The molecule has 16 heteroatoms. The van der Waals surface area contributed by atoms with Crippen LogP contribution in [-0.2, 0) is 4.79 Å². The molecule has 1 heterocycles. The molecule has 146 valence electrons. The third-order valence-corrected chi connectivity index (χ3v) is 2.53. The maximum Gasteiger partial charge on any atom is 0.463 e. The van der Waals surface area contributed by atoms with Crippen LogP contribution in [0, 0.1) is 0 Å². The molecular weight excluding hydrogens is 400 g/mol. The number of hydrogen-bond acceptors (Lipinski definition) is 4. The van der Waals surface area contributed by atoms with Crippen molar-refractivity contribution in [3.8, 4) is 0 Å². The monoisotopic (exact) mass is 403 g/mol. The van der Waals surface area contributed by atoms with E-state index in [4.69, 9.17) is 0 Å². The molecule has 0 fully saturated rings. The molecule has 1 rings (SSSR count). The van der Waals surface area contributed by atoms with Crippen molar-refractivity contribution in [1.82, 2.24) is 9.55 Å². The van der Waals surface area contributed by atoms with Crippen LogP contribution in [0.5, 0.6) is 0 Å². The summed E-state index contributed by atoms with van der Waals surface area (Å²) < 4.78 is 122. The van der Waals surface area contributed by atoms with Gasteiger partial charge >= 0.3 is 41.7 Å². The van der Waals surface area contributed by atoms with Crippen molar-refractivity contribution in [2.75, 3.05) is 5.32 Å². The molecule has 0 aliphatic carbocycles. The third-order valence-electron chi connectivity index (χ3n) is 2.53. The molecule has 0 atom stereocenters. The lowest BCUT2D eigenvalue weighted by molar-refractivity contribution is -0.267. The van der Waals surface area contributed by atoms with Gasteiger partial charge in [0, 0.05) is 6.20 Å². The van der Waals surface area contributed by atoms with Crippen LogP contribution in [0.1, 0.15) is 4.79 Å². The normalized spacial score (nSPS) is 13.5. The Bertz CT molecular complexity index is 780. The fraction of sp³-hybridized carbons (Fsp3) is 0.400. The summed E-state index contributed by atoms with van der Waals surface area (Å²) in [6, 6.07) is 0.0795. The molecule has 0 aliphatic heterocycles. The van der Waals surface area contributed by atoms with Crippen LogP contribution in [0.15, 0.2) is 17.1 Å². The average molecular weight is 403 g/mol. The van der Waals surface area contributed by atoms with Gasteiger partial charge in [-0.1, -0.05) is 0 Å². The van der Waals surface area contributed by atoms with E-state index in [1.54, 1.807) is 0 Å². The van der Waals surface area contributed by atoms with Crippen LogP contribution in [0.25, 0.3) is 0 Å². The Balaban J connectivity index is 3.15. The van der Waals surface area contributed by atoms with Crippen LogP contribution < -0.4 is 11.0 Å². The standard InChI is InChI=1S/C10H3F10N3O3/c11-7(12,9(15,16)17)4(24)21-3-1-2-23(6(26)22-3)5(25)8(13,14)10(18,19)20/h1-2H,(H,21,22,24,26). The highest BCUT2D eigenvalue weighted by molar-refractivity contribution is 5.96. The van der Waals surface area contributed by atoms with Crippen LogP contribution >= 0.6 is 0 Å². The van der Waals surface area contributed by atoms with E-state index in [1.807, 2.05) is 0 Å². The Morgan fingerprint density at radius 3 is 1.73 bits per heavy atom. The summed E-state index contributed by atoms with van der Waals surface area (Å²) in [7, 11) is 0. The first kappa shape index (κ1) is 21.4. The number of amides is 1. The fourth-order valence-electron chi connectivity index (χ4n) is 1.22. The molecule has 0 unspecified atom stereocenters. The summed E-state index contributed by atoms with van der Waals surface area (Å²) in [6.07, 6.45) is -12.8. The molecule has 1 aromatic heterocycles. The lowest BCUT2D eigenvalue weighted by Crippen LogP contribution is -2.50. The average Bonchev–Trinajstić information content (AvgIpc) is 2.44. The zero-order valence-corrected chi connectivity index (χ0v) is 11.6. The number of nitrogens with one attached hydrogen (secondary N) is 1. The molecule has 0 radical (unpaired) electrons. The van der Waals surface area contributed by atoms with Gasteiger partial charge in [-0.2, -0.15) is 48.9 Å². The van der Waals surface area contributed by atoms with Gasteiger partial charge in [-0.15, -0.1) is 0 Å². The molecule has 0 spiro atoms. The SMILES string of the molecule is O=C(Nc1ccn(C(=O)C(F)(F)C(F)(F)F)c(=O)n1)C(F)(F)C(F)(F)F. The number of carbonyl (C=O) groups is 2. The number of hydrogen-bond donors (Lipinski definition) is 1. The van der Waals surface area contributed by atoms with Gasteiger partial charge in [0.2, 0.25) is 0 Å². The van der Waals surface area contributed by atoms with E-state index >= 15 is 0 Å². The van der Waals surface area contributed by atoms with E-state index in [2.05, 4.69) is 4.98 Å². The fourth-order valence-corrected chi connectivity index (χ4v) is 1.22. The van der Waals surface area contributed by atoms with Crippen LogP contribution in [-0.4, -0.2) is 45.6 Å². The lowest BCUT2D eigenvalue weighted by Gasteiger charge is -2.19. The van der Waals surface area contributed by atoms with Crippen LogP contribution in [0.3, 0.4) is 0 Å². The van der Waals surface area contributed by atoms with Crippen molar-refractivity contribution in [2.45, 2.75) is 24.2 Å². The second-order valence-corrected chi connectivity index (χ2v) is 4.37. The Labute approximate surface area is 134 Å². The number of rotatable bonds is 3. The van der Waals surface area contributed by atoms with E-state index in [0.29, 0.717) is 0 Å². The first-order valence-corrected chi connectivity index (χ1v) is 5.78. The highest BCUT2D eigenvalue weighted by Gasteiger charge is 2.64. The van der Waals surface area contributed by atoms with Gasteiger partial charge in [-0.05, 0) is 6.07 Å². The Kier molecular flexibility index (Phi) is 5.13. The van der Waals surface area contributed by atoms with Gasteiger partial charge in [0.1, 0.15) is 5.82 Å². The molecule has 26 heavy (non-hydrogen) atoms. The topological polar surface area (TPSA) is 81.1 Å². The van der Waals surface area contributed by atoms with Gasteiger partial charge in [0.05, 0.1) is 0 Å². The minimum atomic E-state index is -6.38. The summed E-state index contributed by atoms with van der Waals surface area (Å²) in [4.78, 5) is 35.6. The largest absolute Gasteiger partial charge is 0.463 e. The van der Waals surface area contributed by atoms with Gasteiger partial charge in [-0.3, -0.25) is 9.59 Å². The van der Waals surface area contributed by atoms with Crippen LogP contribution in [0.2, 0.25) is 0 Å². The zero-order valence-electron chi connectivity index (χ0n) is 11.6. The number of anilines is 1. The molecular formula is C10H3F10N3O3. The molecule has 0 aliphatic rings. The van der Waals surface area contributed by atoms with E-state index in [9.17, 15) is 58.3 Å². The maximum absolute atomic E-state index is 12.8. The number of halogens is 10. The predicted molar refractivity (Wildman–Crippen MR) is 59.8 cm³/mol. The molecule has 0 saturated carbocycles. The van der Waals surface area contributed by atoms with Crippen LogP contribution in [0.4, 0.5) is 49.7 Å². The maximum atomic E-state index is 12.8. The van der Waals surface area contributed by atoms with Gasteiger partial charge in [-0.25, -0.2) is 9.36 Å². The summed E-state index contributed by atoms with van der Waals surface area (Å²) in [5.74, 6) is -19.4. The Hall–Kier alpha value is -2.68. The number of aromatic nitrogens is 2. The second kappa shape index (κ2) is 6.24. The molecule has 1 N–H and O–H groups in total. The minimum Gasteiger partial charge on any atom is -0.305 e. The number of carbonyl (C=O) groups excluding carboxylic acids is 2. The van der Waals surface area contributed by atoms with Crippen molar-refractivity contribution in [1.29, 1.82) is 0 Å². The molecule has 6 nitrogen and oxygen atoms in total. The molecule has 0 saturated heterocycles. The summed E-state index contributed by atoms with van der Waals surface area (Å²) in [5, 5.41) is 0.810. The molecule has 1 aromatic rings. The van der Waals surface area contributed by atoms with Gasteiger partial charge in [0.25, 0.3) is 0 Å². The first-order chi connectivity index (χ1) is 11.4. The van der Waals surface area contributed by atoms with Crippen molar-refractivity contribution in [2.24, 2.45) is 0 Å². The first-order valence-electron chi connectivity index (χ1n) is 5.78. The van der Waals surface area contributed by atoms with Crippen molar-refractivity contribution >= 4 is 17.6 Å². The van der Waals surface area contributed by atoms with Crippen molar-refractivity contribution in [3.05, 3.63) is 22.7 Å². The van der Waals surface area contributed by atoms with Gasteiger partial charge < -0.3 is 5.32 Å². The summed E-state index contributed by atoms with van der Waals surface area (Å²) in [6.45, 7) is 0. The Morgan fingerprint density at radius 2 is 1.35 bits per heavy atom. The smallest absolute Gasteiger partial charge is 0.305 e. The van der Waals surface area contributed by atoms with Crippen molar-refractivity contribution in [3.63, 3.8) is 0 Å². The second-order valence-electron chi connectivity index (χ2n) is 4.37. The zero-order chi connectivity index (χ0) is 20.7. The predicted octanol–water partition coefficient (Wildman–Crippen LogP) is 2.22. The number of nitrogens with zero attached hydrogens (tertiary/aromatic N) is 2. The highest BCUT2D eigenvalue weighted by Crippen LogP contribution is 2.37. The summed E-state index contributed by atoms with van der Waals surface area (Å²) in [5.41, 5.74) is -2.20. The summed E-state index contributed by atoms with van der Waals surface area (Å²) >= 11 is 0. The third kappa shape index (κ3) is 3.77.